The Morgan fingerprint density at radius 3 is 2.38 bits per heavy atom. The first-order chi connectivity index (χ1) is 11.4. The summed E-state index contributed by atoms with van der Waals surface area (Å²) >= 11 is 5.93. The molecule has 7 heteroatoms. The maximum absolute atomic E-state index is 13.1. The van der Waals surface area contributed by atoms with Gasteiger partial charge < -0.3 is 9.84 Å². The maximum Gasteiger partial charge on any atom is 0.301 e. The summed E-state index contributed by atoms with van der Waals surface area (Å²) in [5.41, 5.74) is 0.140. The van der Waals surface area contributed by atoms with Crippen molar-refractivity contribution in [1.82, 2.24) is 0 Å². The Bertz CT molecular complexity index is 877. The smallest absolute Gasteiger partial charge is 0.301 e. The van der Waals surface area contributed by atoms with Crippen LogP contribution in [0.1, 0.15) is 5.56 Å². The molecule has 1 heterocycles. The number of nitrogens with zero attached hydrogens (tertiary/aromatic N) is 1. The summed E-state index contributed by atoms with van der Waals surface area (Å²) in [4.78, 5) is 25.8. The zero-order chi connectivity index (χ0) is 17.4. The molecule has 5 nitrogen and oxygen atoms in total. The van der Waals surface area contributed by atoms with Crippen molar-refractivity contribution in [1.29, 1.82) is 0 Å². The van der Waals surface area contributed by atoms with Crippen molar-refractivity contribution < 1.29 is 23.8 Å². The molecule has 1 aliphatic rings. The SMILES string of the molecule is COc1ccc(Cl)cc1N1C(=O)C(O)=C(c2ccc(F)cc2)C1=O. The third kappa shape index (κ3) is 2.51. The quantitative estimate of drug-likeness (QED) is 0.865. The van der Waals surface area contributed by atoms with E-state index in [-0.39, 0.29) is 22.6 Å². The molecule has 2 amide bonds. The van der Waals surface area contributed by atoms with Crippen LogP contribution in [0.25, 0.3) is 5.57 Å². The summed E-state index contributed by atoms with van der Waals surface area (Å²) in [6.07, 6.45) is 0. The predicted octanol–water partition coefficient (Wildman–Crippen LogP) is 3.33. The molecule has 0 aromatic heterocycles. The number of halogens is 2. The number of aliphatic hydroxyl groups excluding tert-OH is 1. The number of carbonyl (C=O) groups excluding carboxylic acids is 2. The Labute approximate surface area is 141 Å². The lowest BCUT2D eigenvalue weighted by molar-refractivity contribution is -0.121. The van der Waals surface area contributed by atoms with Gasteiger partial charge in [0.1, 0.15) is 11.6 Å². The molecule has 0 saturated heterocycles. The molecule has 0 fully saturated rings. The van der Waals surface area contributed by atoms with Crippen LogP contribution in [0.2, 0.25) is 5.02 Å². The number of methoxy groups -OCH3 is 1. The summed E-state index contributed by atoms with van der Waals surface area (Å²) in [5, 5.41) is 10.4. The van der Waals surface area contributed by atoms with Crippen LogP contribution in [0.15, 0.2) is 48.2 Å². The number of benzene rings is 2. The number of aliphatic hydroxyl groups is 1. The highest BCUT2D eigenvalue weighted by atomic mass is 35.5. The largest absolute Gasteiger partial charge is 0.502 e. The molecule has 1 N–H and O–H groups in total. The molecule has 122 valence electrons. The Morgan fingerprint density at radius 2 is 1.75 bits per heavy atom. The lowest BCUT2D eigenvalue weighted by Crippen LogP contribution is -2.31. The van der Waals surface area contributed by atoms with E-state index in [2.05, 4.69) is 0 Å². The number of ether oxygens (including phenoxy) is 1. The number of amides is 2. The highest BCUT2D eigenvalue weighted by Crippen LogP contribution is 2.38. The van der Waals surface area contributed by atoms with E-state index in [0.717, 1.165) is 17.0 Å². The third-order valence-corrected chi connectivity index (χ3v) is 3.81. The molecular weight excluding hydrogens is 337 g/mol. The highest BCUT2D eigenvalue weighted by Gasteiger charge is 2.41. The summed E-state index contributed by atoms with van der Waals surface area (Å²) in [6.45, 7) is 0. The van der Waals surface area contributed by atoms with Gasteiger partial charge >= 0.3 is 5.91 Å². The number of anilines is 1. The topological polar surface area (TPSA) is 66.8 Å². The van der Waals surface area contributed by atoms with Crippen LogP contribution in [0, 0.1) is 5.82 Å². The third-order valence-electron chi connectivity index (χ3n) is 3.57. The van der Waals surface area contributed by atoms with Crippen LogP contribution in [-0.2, 0) is 9.59 Å². The lowest BCUT2D eigenvalue weighted by atomic mass is 10.1. The number of carbonyl (C=O) groups is 2. The minimum atomic E-state index is -0.903. The minimum Gasteiger partial charge on any atom is -0.502 e. The van der Waals surface area contributed by atoms with Crippen molar-refractivity contribution in [2.45, 2.75) is 0 Å². The van der Waals surface area contributed by atoms with Gasteiger partial charge in [-0.2, -0.15) is 0 Å². The average Bonchev–Trinajstić information content (AvgIpc) is 2.78. The van der Waals surface area contributed by atoms with Crippen molar-refractivity contribution in [2.24, 2.45) is 0 Å². The Hall–Kier alpha value is -2.86. The first kappa shape index (κ1) is 16.0. The molecule has 0 unspecified atom stereocenters. The van der Waals surface area contributed by atoms with Crippen LogP contribution in [0.4, 0.5) is 10.1 Å². The molecule has 1 aliphatic heterocycles. The fourth-order valence-corrected chi connectivity index (χ4v) is 2.62. The second kappa shape index (κ2) is 5.98. The van der Waals surface area contributed by atoms with Gasteiger partial charge in [-0.1, -0.05) is 23.7 Å². The zero-order valence-corrected chi connectivity index (χ0v) is 13.2. The van der Waals surface area contributed by atoms with E-state index in [0.29, 0.717) is 5.02 Å². The predicted molar refractivity (Wildman–Crippen MR) is 86.4 cm³/mol. The van der Waals surface area contributed by atoms with E-state index >= 15 is 0 Å². The molecule has 0 saturated carbocycles. The van der Waals surface area contributed by atoms with E-state index in [9.17, 15) is 19.1 Å². The monoisotopic (exact) mass is 347 g/mol. The van der Waals surface area contributed by atoms with Crippen LogP contribution in [0.3, 0.4) is 0 Å². The van der Waals surface area contributed by atoms with Crippen molar-refractivity contribution in [3.05, 3.63) is 64.6 Å². The van der Waals surface area contributed by atoms with Crippen molar-refractivity contribution >= 4 is 34.7 Å². The second-order valence-corrected chi connectivity index (χ2v) is 5.43. The molecule has 0 atom stereocenters. The van der Waals surface area contributed by atoms with Gasteiger partial charge in [-0.15, -0.1) is 0 Å². The Balaban J connectivity index is 2.09. The average molecular weight is 348 g/mol. The summed E-state index contributed by atoms with van der Waals surface area (Å²) in [6, 6.07) is 9.33. The minimum absolute atomic E-state index is 0.115. The van der Waals surface area contributed by atoms with E-state index < -0.39 is 23.4 Å². The van der Waals surface area contributed by atoms with Gasteiger partial charge in [0, 0.05) is 5.02 Å². The number of rotatable bonds is 3. The molecule has 3 rings (SSSR count). The van der Waals surface area contributed by atoms with E-state index in [1.807, 2.05) is 0 Å². The molecule has 2 aromatic rings. The van der Waals surface area contributed by atoms with Gasteiger partial charge in [-0.3, -0.25) is 9.59 Å². The van der Waals surface area contributed by atoms with Gasteiger partial charge in [-0.25, -0.2) is 9.29 Å². The lowest BCUT2D eigenvalue weighted by Gasteiger charge is -2.18. The van der Waals surface area contributed by atoms with Crippen molar-refractivity contribution in [3.63, 3.8) is 0 Å². The normalized spacial score (nSPS) is 14.5. The summed E-state index contributed by atoms with van der Waals surface area (Å²) in [7, 11) is 1.38. The fourth-order valence-electron chi connectivity index (χ4n) is 2.45. The number of imide groups is 1. The highest BCUT2D eigenvalue weighted by molar-refractivity contribution is 6.45. The summed E-state index contributed by atoms with van der Waals surface area (Å²) < 4.78 is 18.2. The second-order valence-electron chi connectivity index (χ2n) is 4.99. The molecule has 0 aliphatic carbocycles. The number of hydrogen-bond donors (Lipinski definition) is 1. The molecule has 0 bridgehead atoms. The maximum atomic E-state index is 13.1. The van der Waals surface area contributed by atoms with Gasteiger partial charge in [0.25, 0.3) is 5.91 Å². The molecule has 2 aromatic carbocycles. The van der Waals surface area contributed by atoms with Crippen LogP contribution < -0.4 is 9.64 Å². The standard InChI is InChI=1S/C17H11ClFNO4/c1-24-13-7-4-10(18)8-12(13)20-16(22)14(15(21)17(20)23)9-2-5-11(19)6-3-9/h2-8,21H,1H3. The number of hydrogen-bond acceptors (Lipinski definition) is 4. The van der Waals surface area contributed by atoms with Crippen molar-refractivity contribution in [3.8, 4) is 5.75 Å². The first-order valence-corrected chi connectivity index (χ1v) is 7.23. The van der Waals surface area contributed by atoms with E-state index in [1.54, 1.807) is 6.07 Å². The molecule has 0 radical (unpaired) electrons. The molecular formula is C17H11ClFNO4. The van der Waals surface area contributed by atoms with Gasteiger partial charge in [-0.05, 0) is 35.9 Å². The Kier molecular flexibility index (Phi) is 3.99. The van der Waals surface area contributed by atoms with Gasteiger partial charge in [0.05, 0.1) is 18.4 Å². The summed E-state index contributed by atoms with van der Waals surface area (Å²) in [5.74, 6) is -2.61. The van der Waals surface area contributed by atoms with Gasteiger partial charge in [0.15, 0.2) is 5.76 Å². The first-order valence-electron chi connectivity index (χ1n) is 6.85. The van der Waals surface area contributed by atoms with Gasteiger partial charge in [0.2, 0.25) is 0 Å². The van der Waals surface area contributed by atoms with E-state index in [4.69, 9.17) is 16.3 Å². The molecule has 24 heavy (non-hydrogen) atoms. The van der Waals surface area contributed by atoms with Crippen LogP contribution in [-0.4, -0.2) is 24.0 Å². The zero-order valence-electron chi connectivity index (χ0n) is 12.4. The van der Waals surface area contributed by atoms with Crippen LogP contribution in [0.5, 0.6) is 5.75 Å². The van der Waals surface area contributed by atoms with Crippen molar-refractivity contribution in [2.75, 3.05) is 12.0 Å². The fraction of sp³-hybridized carbons (Fsp3) is 0.0588. The van der Waals surface area contributed by atoms with E-state index in [1.165, 1.54) is 31.4 Å². The van der Waals surface area contributed by atoms with Crippen LogP contribution >= 0.6 is 11.6 Å². The molecule has 0 spiro atoms. The Morgan fingerprint density at radius 1 is 1.08 bits per heavy atom.